The molecule has 0 saturated carbocycles. The number of benzene rings is 1. The molecule has 0 aliphatic rings. The first-order valence-corrected chi connectivity index (χ1v) is 9.29. The lowest BCUT2D eigenvalue weighted by Crippen LogP contribution is -2.26. The number of halogens is 1. The number of rotatable bonds is 5. The number of carbonyl (C=O) groups is 1. The molecule has 0 unspecified atom stereocenters. The topological polar surface area (TPSA) is 42.0 Å². The summed E-state index contributed by atoms with van der Waals surface area (Å²) in [7, 11) is 0. The summed E-state index contributed by atoms with van der Waals surface area (Å²) >= 11 is 3.32. The number of nitrogens with one attached hydrogen (secondary N) is 1. The van der Waals surface area contributed by atoms with Crippen LogP contribution in [-0.2, 0) is 6.42 Å². The highest BCUT2D eigenvalue weighted by Gasteiger charge is 2.11. The second kappa shape index (κ2) is 7.23. The smallest absolute Gasteiger partial charge is 0.251 e. The maximum absolute atomic E-state index is 13.5. The van der Waals surface area contributed by atoms with E-state index in [4.69, 9.17) is 0 Å². The van der Waals surface area contributed by atoms with Crippen LogP contribution in [0.1, 0.15) is 25.8 Å². The lowest BCUT2D eigenvalue weighted by Gasteiger charge is -2.07. The van der Waals surface area contributed by atoms with Crippen LogP contribution >= 0.6 is 22.7 Å². The number of carbonyl (C=O) groups excluding carboxylic acids is 1. The van der Waals surface area contributed by atoms with Gasteiger partial charge in [0, 0.05) is 22.4 Å². The van der Waals surface area contributed by atoms with E-state index < -0.39 is 0 Å². The summed E-state index contributed by atoms with van der Waals surface area (Å²) in [6, 6.07) is 8.68. The van der Waals surface area contributed by atoms with E-state index >= 15 is 0 Å². The number of amides is 1. The Balaban J connectivity index is 1.58. The highest BCUT2D eigenvalue weighted by atomic mass is 32.1. The van der Waals surface area contributed by atoms with E-state index in [0.29, 0.717) is 17.7 Å². The van der Waals surface area contributed by atoms with Crippen molar-refractivity contribution in [3.8, 4) is 10.6 Å². The first kappa shape index (κ1) is 16.8. The monoisotopic (exact) mass is 360 g/mol. The maximum Gasteiger partial charge on any atom is 0.251 e. The average molecular weight is 360 g/mol. The zero-order chi connectivity index (χ0) is 17.1. The third-order valence-corrected chi connectivity index (χ3v) is 5.64. The van der Waals surface area contributed by atoms with Gasteiger partial charge in [0.05, 0.1) is 15.6 Å². The van der Waals surface area contributed by atoms with E-state index in [2.05, 4.69) is 27.8 Å². The summed E-state index contributed by atoms with van der Waals surface area (Å²) in [6.45, 7) is 4.13. The predicted octanol–water partition coefficient (Wildman–Crippen LogP) is 4.60. The van der Waals surface area contributed by atoms with Crippen molar-refractivity contribution in [3.63, 3.8) is 0 Å². The van der Waals surface area contributed by atoms with E-state index in [-0.39, 0.29) is 11.7 Å². The Morgan fingerprint density at radius 3 is 2.83 bits per heavy atom. The van der Waals surface area contributed by atoms with Crippen molar-refractivity contribution in [2.24, 2.45) is 0 Å². The number of thiophene rings is 1. The maximum atomic E-state index is 13.5. The molecule has 6 heteroatoms. The van der Waals surface area contributed by atoms with Gasteiger partial charge in [0.1, 0.15) is 5.82 Å². The van der Waals surface area contributed by atoms with Crippen molar-refractivity contribution in [2.75, 3.05) is 6.54 Å². The van der Waals surface area contributed by atoms with Crippen molar-refractivity contribution in [1.29, 1.82) is 0 Å². The van der Waals surface area contributed by atoms with Crippen LogP contribution in [-0.4, -0.2) is 17.4 Å². The average Bonchev–Trinajstić information content (AvgIpc) is 3.19. The molecule has 3 aromatic rings. The second-order valence-electron chi connectivity index (χ2n) is 5.44. The number of nitrogens with zero attached hydrogens (tertiary/aromatic N) is 1. The van der Waals surface area contributed by atoms with Crippen LogP contribution in [0.25, 0.3) is 10.6 Å². The van der Waals surface area contributed by atoms with E-state index in [1.54, 1.807) is 41.7 Å². The Morgan fingerprint density at radius 2 is 2.08 bits per heavy atom. The lowest BCUT2D eigenvalue weighted by atomic mass is 10.1. The number of hydrogen-bond donors (Lipinski definition) is 1. The number of thiazole rings is 1. The predicted molar refractivity (Wildman–Crippen MR) is 97.3 cm³/mol. The van der Waals surface area contributed by atoms with E-state index in [9.17, 15) is 9.18 Å². The third kappa shape index (κ3) is 3.71. The Bertz CT molecular complexity index is 870. The quantitative estimate of drug-likeness (QED) is 0.722. The van der Waals surface area contributed by atoms with E-state index in [1.165, 1.54) is 10.9 Å². The molecule has 0 atom stereocenters. The molecule has 24 heavy (non-hydrogen) atoms. The molecule has 0 fully saturated rings. The fourth-order valence-electron chi connectivity index (χ4n) is 2.37. The minimum Gasteiger partial charge on any atom is -0.352 e. The van der Waals surface area contributed by atoms with Gasteiger partial charge in [0.2, 0.25) is 0 Å². The molecule has 0 aliphatic heterocycles. The number of hydrogen-bond acceptors (Lipinski definition) is 4. The molecule has 3 nitrogen and oxygen atoms in total. The molecule has 0 radical (unpaired) electrons. The van der Waals surface area contributed by atoms with Gasteiger partial charge >= 0.3 is 0 Å². The van der Waals surface area contributed by atoms with Crippen LogP contribution < -0.4 is 5.32 Å². The van der Waals surface area contributed by atoms with Crippen LogP contribution in [0.4, 0.5) is 4.39 Å². The van der Waals surface area contributed by atoms with Crippen LogP contribution in [0.15, 0.2) is 35.7 Å². The highest BCUT2D eigenvalue weighted by molar-refractivity contribution is 7.16. The van der Waals surface area contributed by atoms with Crippen molar-refractivity contribution in [1.82, 2.24) is 10.3 Å². The first-order chi connectivity index (χ1) is 11.5. The fraction of sp³-hybridized carbons (Fsp3) is 0.222. The fourth-order valence-corrected chi connectivity index (χ4v) is 4.03. The lowest BCUT2D eigenvalue weighted by molar-refractivity contribution is 0.0953. The molecule has 2 heterocycles. The molecule has 3 rings (SSSR count). The summed E-state index contributed by atoms with van der Waals surface area (Å²) < 4.78 is 13.5. The van der Waals surface area contributed by atoms with Gasteiger partial charge in [0.25, 0.3) is 5.91 Å². The first-order valence-electron chi connectivity index (χ1n) is 7.59. The van der Waals surface area contributed by atoms with E-state index in [1.807, 2.05) is 6.92 Å². The Kier molecular flexibility index (Phi) is 5.06. The molecule has 124 valence electrons. The minimum absolute atomic E-state index is 0.237. The molecule has 0 spiro atoms. The molecular formula is C18H17FN2OS2. The van der Waals surface area contributed by atoms with Crippen molar-refractivity contribution < 1.29 is 9.18 Å². The zero-order valence-corrected chi connectivity index (χ0v) is 15.1. The standard InChI is InChI=1S/C18H17FN2OS2/c1-11-14(4-3-5-15(11)19)18(22)20-9-8-13-6-7-17(24-13)16-10-23-12(2)21-16/h3-7,10H,8-9H2,1-2H3,(H,20,22). The third-order valence-electron chi connectivity index (χ3n) is 3.70. The molecule has 1 aromatic carbocycles. The Morgan fingerprint density at radius 1 is 1.25 bits per heavy atom. The van der Waals surface area contributed by atoms with Gasteiger partial charge < -0.3 is 5.32 Å². The molecule has 0 saturated heterocycles. The van der Waals surface area contributed by atoms with Crippen molar-refractivity contribution in [2.45, 2.75) is 20.3 Å². The molecule has 0 aliphatic carbocycles. The summed E-state index contributed by atoms with van der Waals surface area (Å²) in [6.07, 6.45) is 0.744. The molecule has 1 amide bonds. The van der Waals surface area contributed by atoms with E-state index in [0.717, 1.165) is 22.0 Å². The van der Waals surface area contributed by atoms with Gasteiger partial charge in [-0.15, -0.1) is 22.7 Å². The molecule has 2 aromatic heterocycles. The van der Waals surface area contributed by atoms with Gasteiger partial charge in [-0.3, -0.25) is 4.79 Å². The van der Waals surface area contributed by atoms with Gasteiger partial charge in [-0.25, -0.2) is 9.37 Å². The van der Waals surface area contributed by atoms with Crippen LogP contribution in [0, 0.1) is 19.7 Å². The second-order valence-corrected chi connectivity index (χ2v) is 7.67. The summed E-state index contributed by atoms with van der Waals surface area (Å²) in [5, 5.41) is 5.96. The van der Waals surface area contributed by atoms with Crippen LogP contribution in [0.2, 0.25) is 0 Å². The summed E-state index contributed by atoms with van der Waals surface area (Å²) in [4.78, 5) is 19.0. The Hall–Kier alpha value is -2.05. The van der Waals surface area contributed by atoms with Gasteiger partial charge in [0.15, 0.2) is 0 Å². The van der Waals surface area contributed by atoms with Gasteiger partial charge in [-0.1, -0.05) is 6.07 Å². The van der Waals surface area contributed by atoms with Crippen LogP contribution in [0.5, 0.6) is 0 Å². The largest absolute Gasteiger partial charge is 0.352 e. The molecule has 0 bridgehead atoms. The van der Waals surface area contributed by atoms with Crippen molar-refractivity contribution >= 4 is 28.6 Å². The Labute approximate surface area is 148 Å². The minimum atomic E-state index is -0.357. The zero-order valence-electron chi connectivity index (χ0n) is 13.4. The van der Waals surface area contributed by atoms with Gasteiger partial charge in [-0.2, -0.15) is 0 Å². The number of aryl methyl sites for hydroxylation is 1. The number of aromatic nitrogens is 1. The van der Waals surface area contributed by atoms with Crippen LogP contribution in [0.3, 0.4) is 0 Å². The SMILES string of the molecule is Cc1nc(-c2ccc(CCNC(=O)c3cccc(F)c3C)s2)cs1. The highest BCUT2D eigenvalue weighted by Crippen LogP contribution is 2.29. The normalized spacial score (nSPS) is 10.8. The molecular weight excluding hydrogens is 343 g/mol. The summed E-state index contributed by atoms with van der Waals surface area (Å²) in [5.74, 6) is -0.594. The molecule has 1 N–H and O–H groups in total. The van der Waals surface area contributed by atoms with Crippen molar-refractivity contribution in [3.05, 3.63) is 62.5 Å². The van der Waals surface area contributed by atoms with Gasteiger partial charge in [-0.05, 0) is 50.1 Å². The summed E-state index contributed by atoms with van der Waals surface area (Å²) in [5.41, 5.74) is 1.78.